The van der Waals surface area contributed by atoms with Crippen LogP contribution in [-0.2, 0) is 11.0 Å². The Labute approximate surface area is 150 Å². The van der Waals surface area contributed by atoms with E-state index in [1.807, 2.05) is 0 Å². The summed E-state index contributed by atoms with van der Waals surface area (Å²) in [5.41, 5.74) is -0.517. The molecule has 2 N–H and O–H groups in total. The average Bonchev–Trinajstić information content (AvgIpc) is 2.57. The zero-order chi connectivity index (χ0) is 18.4. The monoisotopic (exact) mass is 409 g/mol. The molecule has 4 nitrogen and oxygen atoms in total. The Morgan fingerprint density at radius 2 is 1.80 bits per heavy atom. The number of hydrogen-bond acceptors (Lipinski definition) is 3. The van der Waals surface area contributed by atoms with E-state index in [1.54, 1.807) is 30.3 Å². The van der Waals surface area contributed by atoms with Gasteiger partial charge >= 0.3 is 6.18 Å². The van der Waals surface area contributed by atoms with Crippen LogP contribution in [0.1, 0.15) is 5.56 Å². The number of rotatable bonds is 4. The van der Waals surface area contributed by atoms with Gasteiger partial charge in [-0.05, 0) is 42.5 Å². The van der Waals surface area contributed by atoms with Gasteiger partial charge in [0, 0.05) is 22.0 Å². The topological polar surface area (TPSA) is 64.9 Å². The van der Waals surface area contributed by atoms with Gasteiger partial charge in [0.05, 0.1) is 5.56 Å². The zero-order valence-electron chi connectivity index (χ0n) is 12.6. The van der Waals surface area contributed by atoms with Crippen LogP contribution in [-0.4, -0.2) is 5.91 Å². The first-order chi connectivity index (χ1) is 11.8. The Morgan fingerprint density at radius 3 is 2.40 bits per heavy atom. The van der Waals surface area contributed by atoms with Crippen LogP contribution >= 0.6 is 15.9 Å². The fraction of sp³-hybridized carbons (Fsp3) is 0.0588. The van der Waals surface area contributed by atoms with Gasteiger partial charge < -0.3 is 10.6 Å². The molecule has 2 aromatic rings. The summed E-state index contributed by atoms with van der Waals surface area (Å²) in [6, 6.07) is 12.8. The summed E-state index contributed by atoms with van der Waals surface area (Å²) >= 11 is 3.26. The van der Waals surface area contributed by atoms with E-state index in [9.17, 15) is 18.0 Å². The minimum absolute atomic E-state index is 0.110. The number of anilines is 2. The molecule has 0 saturated heterocycles. The molecule has 2 aromatic carbocycles. The molecule has 2 rings (SSSR count). The summed E-state index contributed by atoms with van der Waals surface area (Å²) in [5.74, 6) is -0.677. The van der Waals surface area contributed by atoms with Gasteiger partial charge in [0.1, 0.15) is 11.6 Å². The van der Waals surface area contributed by atoms with E-state index in [0.717, 1.165) is 22.8 Å². The number of alkyl halides is 3. The highest BCUT2D eigenvalue weighted by molar-refractivity contribution is 9.10. The molecule has 0 aromatic heterocycles. The van der Waals surface area contributed by atoms with Gasteiger partial charge in [-0.3, -0.25) is 4.79 Å². The maximum atomic E-state index is 12.7. The number of carbonyl (C=O) groups excluding carboxylic acids is 1. The molecule has 0 aliphatic heterocycles. The lowest BCUT2D eigenvalue weighted by Gasteiger charge is -2.09. The van der Waals surface area contributed by atoms with Crippen molar-refractivity contribution in [2.24, 2.45) is 0 Å². The number of halogens is 4. The number of amides is 1. The second-order valence-corrected chi connectivity index (χ2v) is 5.77. The highest BCUT2D eigenvalue weighted by Gasteiger charge is 2.30. The Morgan fingerprint density at radius 1 is 1.12 bits per heavy atom. The van der Waals surface area contributed by atoms with Crippen LogP contribution in [0, 0.1) is 11.3 Å². The third kappa shape index (κ3) is 5.36. The summed E-state index contributed by atoms with van der Waals surface area (Å²) in [7, 11) is 0. The van der Waals surface area contributed by atoms with E-state index in [0.29, 0.717) is 5.69 Å². The quantitative estimate of drug-likeness (QED) is 0.555. The van der Waals surface area contributed by atoms with Crippen molar-refractivity contribution >= 4 is 33.2 Å². The van der Waals surface area contributed by atoms with Crippen LogP contribution in [0.3, 0.4) is 0 Å². The highest BCUT2D eigenvalue weighted by atomic mass is 79.9. The van der Waals surface area contributed by atoms with E-state index in [1.165, 1.54) is 12.1 Å². The first-order valence-electron chi connectivity index (χ1n) is 6.90. The molecule has 128 valence electrons. The van der Waals surface area contributed by atoms with Crippen LogP contribution in [0.2, 0.25) is 0 Å². The van der Waals surface area contributed by atoms with Crippen molar-refractivity contribution in [3.8, 4) is 6.07 Å². The molecular formula is C17H11BrF3N3O. The molecule has 0 spiro atoms. The van der Waals surface area contributed by atoms with Crippen LogP contribution in [0.5, 0.6) is 0 Å². The first kappa shape index (κ1) is 18.5. The average molecular weight is 410 g/mol. The summed E-state index contributed by atoms with van der Waals surface area (Å²) in [6.07, 6.45) is -3.41. The molecular weight excluding hydrogens is 399 g/mol. The van der Waals surface area contributed by atoms with Crippen molar-refractivity contribution in [2.45, 2.75) is 6.18 Å². The fourth-order valence-electron chi connectivity index (χ4n) is 1.82. The lowest BCUT2D eigenvalue weighted by molar-refractivity contribution is -0.137. The first-order valence-corrected chi connectivity index (χ1v) is 7.70. The van der Waals surface area contributed by atoms with Crippen molar-refractivity contribution in [3.05, 3.63) is 70.3 Å². The van der Waals surface area contributed by atoms with Gasteiger partial charge in [-0.2, -0.15) is 18.4 Å². The summed E-state index contributed by atoms with van der Waals surface area (Å²) in [5, 5.41) is 14.1. The van der Waals surface area contributed by atoms with Crippen molar-refractivity contribution < 1.29 is 18.0 Å². The molecule has 0 saturated carbocycles. The summed E-state index contributed by atoms with van der Waals surface area (Å²) in [6.45, 7) is 0. The van der Waals surface area contributed by atoms with Gasteiger partial charge in [-0.1, -0.05) is 22.0 Å². The van der Waals surface area contributed by atoms with E-state index in [-0.39, 0.29) is 11.3 Å². The van der Waals surface area contributed by atoms with Gasteiger partial charge in [0.2, 0.25) is 0 Å². The predicted molar refractivity (Wildman–Crippen MR) is 91.5 cm³/mol. The molecule has 8 heteroatoms. The molecule has 25 heavy (non-hydrogen) atoms. The highest BCUT2D eigenvalue weighted by Crippen LogP contribution is 2.30. The van der Waals surface area contributed by atoms with E-state index in [2.05, 4.69) is 26.6 Å². The van der Waals surface area contributed by atoms with Crippen LogP contribution < -0.4 is 10.6 Å². The Kier molecular flexibility index (Phi) is 5.83. The second-order valence-electron chi connectivity index (χ2n) is 4.85. The molecule has 0 fully saturated rings. The third-order valence-electron chi connectivity index (χ3n) is 3.04. The molecule has 0 heterocycles. The number of nitrogens with zero attached hydrogens (tertiary/aromatic N) is 1. The van der Waals surface area contributed by atoms with E-state index >= 15 is 0 Å². The largest absolute Gasteiger partial charge is 0.416 e. The van der Waals surface area contributed by atoms with Crippen LogP contribution in [0.25, 0.3) is 0 Å². The van der Waals surface area contributed by atoms with Crippen molar-refractivity contribution in [1.29, 1.82) is 5.26 Å². The van der Waals surface area contributed by atoms with Crippen LogP contribution in [0.4, 0.5) is 24.5 Å². The van der Waals surface area contributed by atoms with Crippen molar-refractivity contribution in [2.75, 3.05) is 10.6 Å². The molecule has 0 bridgehead atoms. The Hall–Kier alpha value is -2.79. The lowest BCUT2D eigenvalue weighted by Crippen LogP contribution is -2.14. The SMILES string of the molecule is N#C/C(=C/Nc1cccc(C(F)(F)F)c1)C(=O)Nc1ccc(Br)cc1. The van der Waals surface area contributed by atoms with E-state index in [4.69, 9.17) is 5.26 Å². The maximum absolute atomic E-state index is 12.7. The molecule has 0 radical (unpaired) electrons. The summed E-state index contributed by atoms with van der Waals surface area (Å²) in [4.78, 5) is 12.0. The van der Waals surface area contributed by atoms with Crippen molar-refractivity contribution in [1.82, 2.24) is 0 Å². The molecule has 1 amide bonds. The molecule has 0 aliphatic rings. The normalized spacial score (nSPS) is 11.6. The summed E-state index contributed by atoms with van der Waals surface area (Å²) < 4.78 is 38.8. The lowest BCUT2D eigenvalue weighted by atomic mass is 10.2. The third-order valence-corrected chi connectivity index (χ3v) is 3.57. The number of nitriles is 1. The number of nitrogens with one attached hydrogen (secondary N) is 2. The smallest absolute Gasteiger partial charge is 0.360 e. The van der Waals surface area contributed by atoms with Gasteiger partial charge in [-0.15, -0.1) is 0 Å². The molecule has 0 atom stereocenters. The number of benzene rings is 2. The van der Waals surface area contributed by atoms with Crippen molar-refractivity contribution in [3.63, 3.8) is 0 Å². The fourth-order valence-corrected chi connectivity index (χ4v) is 2.09. The number of carbonyl (C=O) groups is 1. The molecule has 0 unspecified atom stereocenters. The zero-order valence-corrected chi connectivity index (χ0v) is 14.1. The minimum Gasteiger partial charge on any atom is -0.360 e. The second kappa shape index (κ2) is 7.85. The van der Waals surface area contributed by atoms with E-state index < -0.39 is 17.6 Å². The Bertz CT molecular complexity index is 839. The number of hydrogen-bond donors (Lipinski definition) is 2. The van der Waals surface area contributed by atoms with Gasteiger partial charge in [0.15, 0.2) is 0 Å². The van der Waals surface area contributed by atoms with Gasteiger partial charge in [-0.25, -0.2) is 0 Å². The maximum Gasteiger partial charge on any atom is 0.416 e. The van der Waals surface area contributed by atoms with Crippen LogP contribution in [0.15, 0.2) is 64.8 Å². The molecule has 0 aliphatic carbocycles. The minimum atomic E-state index is -4.47. The van der Waals surface area contributed by atoms with Gasteiger partial charge in [0.25, 0.3) is 5.91 Å². The predicted octanol–water partition coefficient (Wildman–Crippen LogP) is 4.93. The standard InChI is InChI=1S/C17H11BrF3N3O/c18-13-4-6-14(7-5-13)24-16(25)11(9-22)10-23-15-3-1-2-12(8-15)17(19,20)21/h1-8,10,23H,(H,24,25)/b11-10-. The Balaban J connectivity index is 2.11.